The molecule has 4 nitrogen and oxygen atoms in total. The highest BCUT2D eigenvalue weighted by molar-refractivity contribution is 7.89. The van der Waals surface area contributed by atoms with Crippen molar-refractivity contribution in [2.24, 2.45) is 0 Å². The summed E-state index contributed by atoms with van der Waals surface area (Å²) in [5.41, 5.74) is 5.61. The van der Waals surface area contributed by atoms with Gasteiger partial charge in [-0.1, -0.05) is 29.3 Å². The van der Waals surface area contributed by atoms with Crippen LogP contribution in [-0.2, 0) is 10.0 Å². The second-order valence-electron chi connectivity index (χ2n) is 3.42. The fourth-order valence-corrected chi connectivity index (χ4v) is 3.09. The molecule has 17 heavy (non-hydrogen) atoms. The molecule has 0 saturated heterocycles. The molecule has 1 aromatic rings. The summed E-state index contributed by atoms with van der Waals surface area (Å²) in [6.45, 7) is 5.14. The first-order valence-electron chi connectivity index (χ1n) is 4.68. The molecule has 0 spiro atoms. The van der Waals surface area contributed by atoms with Crippen molar-refractivity contribution in [3.63, 3.8) is 0 Å². The second-order valence-corrected chi connectivity index (χ2v) is 5.89. The van der Waals surface area contributed by atoms with Gasteiger partial charge in [-0.3, -0.25) is 0 Å². The summed E-state index contributed by atoms with van der Waals surface area (Å²) >= 11 is 11.6. The van der Waals surface area contributed by atoms with Crippen LogP contribution in [0.4, 0.5) is 5.69 Å². The quantitative estimate of drug-likeness (QED) is 0.662. The maximum absolute atomic E-state index is 11.9. The third-order valence-electron chi connectivity index (χ3n) is 2.08. The Balaban J connectivity index is 3.25. The van der Waals surface area contributed by atoms with Crippen molar-refractivity contribution in [2.45, 2.75) is 17.9 Å². The SMILES string of the molecule is C=CC(C)NS(=O)(=O)c1ccc(Cl)c(N)c1Cl. The maximum Gasteiger partial charge on any atom is 0.242 e. The van der Waals surface area contributed by atoms with Crippen molar-refractivity contribution in [1.82, 2.24) is 4.72 Å². The zero-order chi connectivity index (χ0) is 13.2. The summed E-state index contributed by atoms with van der Waals surface area (Å²) in [5, 5.41) is 0.131. The lowest BCUT2D eigenvalue weighted by molar-refractivity contribution is 0.576. The van der Waals surface area contributed by atoms with E-state index in [0.717, 1.165) is 0 Å². The molecule has 0 amide bonds. The Bertz CT molecular complexity index is 543. The Morgan fingerprint density at radius 2 is 2.06 bits per heavy atom. The molecule has 0 saturated carbocycles. The summed E-state index contributed by atoms with van der Waals surface area (Å²) in [6, 6.07) is 2.28. The number of nitrogens with two attached hydrogens (primary N) is 1. The van der Waals surface area contributed by atoms with Crippen LogP contribution >= 0.6 is 23.2 Å². The van der Waals surface area contributed by atoms with Crippen LogP contribution in [0.2, 0.25) is 10.0 Å². The van der Waals surface area contributed by atoms with Gasteiger partial charge in [-0.2, -0.15) is 0 Å². The van der Waals surface area contributed by atoms with Crippen LogP contribution in [0, 0.1) is 0 Å². The predicted octanol–water partition coefficient (Wildman–Crippen LogP) is 2.43. The molecule has 1 aromatic carbocycles. The molecule has 1 atom stereocenters. The fourth-order valence-electron chi connectivity index (χ4n) is 1.11. The minimum Gasteiger partial charge on any atom is -0.396 e. The molecular weight excluding hydrogens is 283 g/mol. The van der Waals surface area contributed by atoms with E-state index in [1.165, 1.54) is 18.2 Å². The Morgan fingerprint density at radius 3 is 2.59 bits per heavy atom. The van der Waals surface area contributed by atoms with Gasteiger partial charge in [0.25, 0.3) is 0 Å². The minimum absolute atomic E-state index is 0.0439. The van der Waals surface area contributed by atoms with E-state index in [2.05, 4.69) is 11.3 Å². The maximum atomic E-state index is 11.9. The summed E-state index contributed by atoms with van der Waals surface area (Å²) in [6.07, 6.45) is 1.46. The molecule has 1 rings (SSSR count). The Hall–Kier alpha value is -0.750. The van der Waals surface area contributed by atoms with E-state index in [1.54, 1.807) is 6.92 Å². The monoisotopic (exact) mass is 294 g/mol. The molecule has 0 aliphatic rings. The van der Waals surface area contributed by atoms with Crippen molar-refractivity contribution in [3.05, 3.63) is 34.8 Å². The lowest BCUT2D eigenvalue weighted by atomic mass is 10.3. The predicted molar refractivity (Wildman–Crippen MR) is 70.9 cm³/mol. The van der Waals surface area contributed by atoms with Crippen LogP contribution in [0.5, 0.6) is 0 Å². The van der Waals surface area contributed by atoms with Gasteiger partial charge >= 0.3 is 0 Å². The molecule has 0 heterocycles. The Morgan fingerprint density at radius 1 is 1.47 bits per heavy atom. The lowest BCUT2D eigenvalue weighted by Gasteiger charge is -2.12. The van der Waals surface area contributed by atoms with Crippen LogP contribution in [0.3, 0.4) is 0 Å². The Labute approximate surface area is 110 Å². The van der Waals surface area contributed by atoms with E-state index in [0.29, 0.717) is 0 Å². The van der Waals surface area contributed by atoms with Crippen molar-refractivity contribution in [2.75, 3.05) is 5.73 Å². The van der Waals surface area contributed by atoms with Crippen LogP contribution in [0.1, 0.15) is 6.92 Å². The second kappa shape index (κ2) is 5.27. The average molecular weight is 295 g/mol. The Kier molecular flexibility index (Phi) is 4.43. The molecular formula is C10H12Cl2N2O2S. The molecule has 1 unspecified atom stereocenters. The van der Waals surface area contributed by atoms with E-state index in [1.807, 2.05) is 0 Å². The normalized spacial score (nSPS) is 13.4. The van der Waals surface area contributed by atoms with Gasteiger partial charge in [0.05, 0.1) is 15.7 Å². The number of nitrogens with one attached hydrogen (secondary N) is 1. The first-order chi connectivity index (χ1) is 7.79. The van der Waals surface area contributed by atoms with Gasteiger partial charge in [0, 0.05) is 6.04 Å². The topological polar surface area (TPSA) is 72.2 Å². The highest BCUT2D eigenvalue weighted by atomic mass is 35.5. The first kappa shape index (κ1) is 14.3. The molecule has 0 radical (unpaired) electrons. The first-order valence-corrected chi connectivity index (χ1v) is 6.92. The van der Waals surface area contributed by atoms with Crippen LogP contribution in [0.25, 0.3) is 0 Å². The number of halogens is 2. The van der Waals surface area contributed by atoms with Gasteiger partial charge in [-0.05, 0) is 19.1 Å². The van der Waals surface area contributed by atoms with Crippen molar-refractivity contribution < 1.29 is 8.42 Å². The van der Waals surface area contributed by atoms with Crippen LogP contribution < -0.4 is 10.5 Å². The highest BCUT2D eigenvalue weighted by Gasteiger charge is 2.21. The third-order valence-corrected chi connectivity index (χ3v) is 4.53. The highest BCUT2D eigenvalue weighted by Crippen LogP contribution is 2.32. The number of hydrogen-bond acceptors (Lipinski definition) is 3. The molecule has 7 heteroatoms. The minimum atomic E-state index is -3.73. The third kappa shape index (κ3) is 3.13. The van der Waals surface area contributed by atoms with Crippen molar-refractivity contribution >= 4 is 38.9 Å². The number of benzene rings is 1. The molecule has 0 fully saturated rings. The smallest absolute Gasteiger partial charge is 0.242 e. The number of anilines is 1. The number of nitrogen functional groups attached to an aromatic ring is 1. The number of sulfonamides is 1. The lowest BCUT2D eigenvalue weighted by Crippen LogP contribution is -2.31. The summed E-state index contributed by atoms with van der Waals surface area (Å²) in [5.74, 6) is 0. The van der Waals surface area contributed by atoms with Crippen LogP contribution in [0.15, 0.2) is 29.7 Å². The molecule has 0 bridgehead atoms. The molecule has 3 N–H and O–H groups in total. The molecule has 94 valence electrons. The van der Waals surface area contributed by atoms with Crippen LogP contribution in [-0.4, -0.2) is 14.5 Å². The summed E-state index contributed by atoms with van der Waals surface area (Å²) in [7, 11) is -3.73. The van der Waals surface area contributed by atoms with Gasteiger partial charge in [0.1, 0.15) is 4.90 Å². The average Bonchev–Trinajstić information content (AvgIpc) is 2.24. The summed E-state index contributed by atoms with van der Waals surface area (Å²) < 4.78 is 26.3. The number of rotatable bonds is 4. The zero-order valence-electron chi connectivity index (χ0n) is 9.07. The number of hydrogen-bond donors (Lipinski definition) is 2. The van der Waals surface area contributed by atoms with Crippen molar-refractivity contribution in [1.29, 1.82) is 0 Å². The van der Waals surface area contributed by atoms with Gasteiger partial charge in [-0.25, -0.2) is 13.1 Å². The van der Waals surface area contributed by atoms with E-state index < -0.39 is 16.1 Å². The van der Waals surface area contributed by atoms with E-state index in [9.17, 15) is 8.42 Å². The van der Waals surface area contributed by atoms with Gasteiger partial charge in [0.15, 0.2) is 0 Å². The van der Waals surface area contributed by atoms with Gasteiger partial charge in [0.2, 0.25) is 10.0 Å². The standard InChI is InChI=1S/C10H12Cl2N2O2S/c1-3-6(2)14-17(15,16)8-5-4-7(11)10(13)9(8)12/h3-6,14H,1,13H2,2H3. The van der Waals surface area contributed by atoms with E-state index in [4.69, 9.17) is 28.9 Å². The fraction of sp³-hybridized carbons (Fsp3) is 0.200. The largest absolute Gasteiger partial charge is 0.396 e. The van der Waals surface area contributed by atoms with Gasteiger partial charge < -0.3 is 5.73 Å². The van der Waals surface area contributed by atoms with Gasteiger partial charge in [-0.15, -0.1) is 6.58 Å². The molecule has 0 aliphatic carbocycles. The van der Waals surface area contributed by atoms with E-state index in [-0.39, 0.29) is 20.6 Å². The zero-order valence-corrected chi connectivity index (χ0v) is 11.4. The van der Waals surface area contributed by atoms with E-state index >= 15 is 0 Å². The summed E-state index contributed by atoms with van der Waals surface area (Å²) in [4.78, 5) is -0.102. The molecule has 0 aromatic heterocycles. The van der Waals surface area contributed by atoms with Crippen molar-refractivity contribution in [3.8, 4) is 0 Å². The molecule has 0 aliphatic heterocycles.